The molecule has 0 saturated heterocycles. The van der Waals surface area contributed by atoms with Gasteiger partial charge < -0.3 is 10.8 Å². The number of carbonyl (C=O) groups excluding carboxylic acids is 1. The summed E-state index contributed by atoms with van der Waals surface area (Å²) in [5, 5.41) is 15.7. The minimum absolute atomic E-state index is 0.0280. The summed E-state index contributed by atoms with van der Waals surface area (Å²) in [6.07, 6.45) is 5.82. The van der Waals surface area contributed by atoms with Gasteiger partial charge in [0.2, 0.25) is 0 Å². The molecule has 1 fully saturated rings. The molecule has 0 spiro atoms. The highest BCUT2D eigenvalue weighted by Crippen LogP contribution is 2.39. The summed E-state index contributed by atoms with van der Waals surface area (Å²) in [5.41, 5.74) is 12.9. The first-order valence-electron chi connectivity index (χ1n) is 10.7. The van der Waals surface area contributed by atoms with Crippen molar-refractivity contribution < 1.29 is 14.7 Å². The van der Waals surface area contributed by atoms with Crippen LogP contribution >= 0.6 is 11.3 Å². The summed E-state index contributed by atoms with van der Waals surface area (Å²) in [5.74, 6) is -1.07. The van der Waals surface area contributed by atoms with Crippen LogP contribution in [-0.4, -0.2) is 41.4 Å². The number of thiazole rings is 1. The summed E-state index contributed by atoms with van der Waals surface area (Å²) in [4.78, 5) is 37.5. The molecule has 1 saturated carbocycles. The number of rotatable bonds is 5. The Morgan fingerprint density at radius 1 is 1.12 bits per heavy atom. The van der Waals surface area contributed by atoms with E-state index in [9.17, 15) is 14.7 Å². The van der Waals surface area contributed by atoms with E-state index in [4.69, 9.17) is 10.7 Å². The van der Waals surface area contributed by atoms with Crippen molar-refractivity contribution in [3.8, 4) is 22.5 Å². The molecule has 0 radical (unpaired) electrons. The molecule has 1 aliphatic rings. The number of aliphatic carboxylic acids is 1. The van der Waals surface area contributed by atoms with E-state index in [0.29, 0.717) is 42.6 Å². The maximum atomic E-state index is 12.5. The van der Waals surface area contributed by atoms with Gasteiger partial charge in [0, 0.05) is 28.6 Å². The van der Waals surface area contributed by atoms with Gasteiger partial charge in [-0.1, -0.05) is 6.07 Å². The first kappa shape index (κ1) is 21.2. The Bertz CT molecular complexity index is 1340. The average molecular weight is 463 g/mol. The first-order valence-corrected chi connectivity index (χ1v) is 11.6. The standard InChI is InChI=1S/C23H22N6O3S/c1-12(30)19-20(13-2-4-14(5-3-13)23(31)32)28-22-16(9-27-29(22)21(19)24)15-6-7-17(25-8-15)18-10-33-11-26-18/h6-11,13-14H,2-5,24H2,1H3,(H,31,32)/t13-,14-. The lowest BCUT2D eigenvalue weighted by atomic mass is 9.79. The number of ketones is 1. The predicted octanol–water partition coefficient (Wildman–Crippen LogP) is 4.06. The van der Waals surface area contributed by atoms with Gasteiger partial charge in [0.15, 0.2) is 11.4 Å². The summed E-state index contributed by atoms with van der Waals surface area (Å²) in [7, 11) is 0. The van der Waals surface area contributed by atoms with Crippen LogP contribution in [0.2, 0.25) is 0 Å². The van der Waals surface area contributed by atoms with Crippen LogP contribution in [0.25, 0.3) is 28.2 Å². The van der Waals surface area contributed by atoms with Crippen LogP contribution in [0, 0.1) is 5.92 Å². The number of aromatic nitrogens is 5. The first-order chi connectivity index (χ1) is 15.9. The van der Waals surface area contributed by atoms with Crippen molar-refractivity contribution in [1.82, 2.24) is 24.6 Å². The van der Waals surface area contributed by atoms with Gasteiger partial charge in [-0.3, -0.25) is 14.6 Å². The molecule has 9 nitrogen and oxygen atoms in total. The molecule has 1 aliphatic carbocycles. The molecule has 10 heteroatoms. The largest absolute Gasteiger partial charge is 0.481 e. The van der Waals surface area contributed by atoms with Gasteiger partial charge in [0.1, 0.15) is 5.82 Å². The zero-order chi connectivity index (χ0) is 23.1. The van der Waals surface area contributed by atoms with E-state index in [1.807, 2.05) is 17.5 Å². The van der Waals surface area contributed by atoms with Gasteiger partial charge >= 0.3 is 5.97 Å². The molecule has 4 aromatic heterocycles. The third-order valence-corrected chi connectivity index (χ3v) is 6.88. The second-order valence-corrected chi connectivity index (χ2v) is 9.02. The van der Waals surface area contributed by atoms with Crippen LogP contribution in [0.15, 0.2) is 35.4 Å². The van der Waals surface area contributed by atoms with Crippen molar-refractivity contribution in [2.45, 2.75) is 38.5 Å². The molecular formula is C23H22N6O3S. The molecule has 4 heterocycles. The van der Waals surface area contributed by atoms with E-state index in [-0.39, 0.29) is 23.4 Å². The third-order valence-electron chi connectivity index (χ3n) is 6.30. The van der Waals surface area contributed by atoms with E-state index in [0.717, 1.165) is 22.5 Å². The van der Waals surface area contributed by atoms with E-state index < -0.39 is 5.97 Å². The van der Waals surface area contributed by atoms with Crippen LogP contribution in [0.4, 0.5) is 5.82 Å². The van der Waals surface area contributed by atoms with Crippen molar-refractivity contribution in [1.29, 1.82) is 0 Å². The van der Waals surface area contributed by atoms with Crippen LogP contribution in [0.3, 0.4) is 0 Å². The van der Waals surface area contributed by atoms with E-state index in [1.165, 1.54) is 22.8 Å². The van der Waals surface area contributed by atoms with Crippen molar-refractivity contribution in [3.05, 3.63) is 46.7 Å². The lowest BCUT2D eigenvalue weighted by molar-refractivity contribution is -0.142. The Kier molecular flexibility index (Phi) is 5.37. The second kappa shape index (κ2) is 8.36. The number of carbonyl (C=O) groups is 2. The summed E-state index contributed by atoms with van der Waals surface area (Å²) in [6, 6.07) is 3.84. The summed E-state index contributed by atoms with van der Waals surface area (Å²) >= 11 is 1.51. The molecule has 0 aliphatic heterocycles. The van der Waals surface area contributed by atoms with Crippen LogP contribution in [0.5, 0.6) is 0 Å². The number of nitrogen functional groups attached to an aromatic ring is 1. The second-order valence-electron chi connectivity index (χ2n) is 8.30. The summed E-state index contributed by atoms with van der Waals surface area (Å²) in [6.45, 7) is 1.47. The molecule has 4 aromatic rings. The predicted molar refractivity (Wildman–Crippen MR) is 124 cm³/mol. The lowest BCUT2D eigenvalue weighted by Crippen LogP contribution is -2.23. The fraction of sp³-hybridized carbons (Fsp3) is 0.304. The molecule has 0 bridgehead atoms. The number of Topliss-reactive ketones (excluding diaryl/α,β-unsaturated/α-hetero) is 1. The highest BCUT2D eigenvalue weighted by molar-refractivity contribution is 7.07. The Morgan fingerprint density at radius 2 is 1.91 bits per heavy atom. The maximum Gasteiger partial charge on any atom is 0.306 e. The lowest BCUT2D eigenvalue weighted by Gasteiger charge is -2.27. The number of hydrogen-bond donors (Lipinski definition) is 2. The van der Waals surface area contributed by atoms with Crippen LogP contribution < -0.4 is 5.73 Å². The van der Waals surface area contributed by atoms with Crippen LogP contribution in [0.1, 0.15) is 54.6 Å². The SMILES string of the molecule is CC(=O)c1c(N)n2ncc(-c3ccc(-c4cscn4)nc3)c2nc1[C@H]1CC[C@H](C(=O)O)CC1. The third kappa shape index (κ3) is 3.76. The van der Waals surface area contributed by atoms with Crippen molar-refractivity contribution in [2.75, 3.05) is 5.73 Å². The zero-order valence-electron chi connectivity index (χ0n) is 17.9. The number of nitrogens with two attached hydrogens (primary N) is 1. The molecule has 168 valence electrons. The van der Waals surface area contributed by atoms with E-state index in [1.54, 1.807) is 17.9 Å². The number of pyridine rings is 1. The van der Waals surface area contributed by atoms with Crippen molar-refractivity contribution in [3.63, 3.8) is 0 Å². The summed E-state index contributed by atoms with van der Waals surface area (Å²) < 4.78 is 1.49. The fourth-order valence-electron chi connectivity index (χ4n) is 4.55. The van der Waals surface area contributed by atoms with Gasteiger partial charge in [-0.2, -0.15) is 9.61 Å². The number of anilines is 1. The number of fused-ring (bicyclic) bond motifs is 1. The molecule has 0 amide bonds. The quantitative estimate of drug-likeness (QED) is 0.424. The molecule has 33 heavy (non-hydrogen) atoms. The van der Waals surface area contributed by atoms with E-state index >= 15 is 0 Å². The molecule has 5 rings (SSSR count). The smallest absolute Gasteiger partial charge is 0.306 e. The van der Waals surface area contributed by atoms with Crippen LogP contribution in [-0.2, 0) is 4.79 Å². The molecule has 0 aromatic carbocycles. The Labute approximate surface area is 193 Å². The topological polar surface area (TPSA) is 136 Å². The fourth-order valence-corrected chi connectivity index (χ4v) is 5.10. The van der Waals surface area contributed by atoms with Gasteiger partial charge in [-0.15, -0.1) is 11.3 Å². The molecular weight excluding hydrogens is 440 g/mol. The molecule has 0 atom stereocenters. The monoisotopic (exact) mass is 462 g/mol. The minimum Gasteiger partial charge on any atom is -0.481 e. The average Bonchev–Trinajstić information content (AvgIpc) is 3.49. The Balaban J connectivity index is 1.57. The number of nitrogens with zero attached hydrogens (tertiary/aromatic N) is 5. The van der Waals surface area contributed by atoms with E-state index in [2.05, 4.69) is 15.1 Å². The molecule has 3 N–H and O–H groups in total. The van der Waals surface area contributed by atoms with Gasteiger partial charge in [-0.25, -0.2) is 9.97 Å². The van der Waals surface area contributed by atoms with Crippen molar-refractivity contribution >= 4 is 34.6 Å². The van der Waals surface area contributed by atoms with Gasteiger partial charge in [-0.05, 0) is 38.7 Å². The maximum absolute atomic E-state index is 12.5. The number of carboxylic acids is 1. The number of hydrogen-bond acceptors (Lipinski definition) is 8. The minimum atomic E-state index is -0.769. The normalized spacial score (nSPS) is 18.5. The van der Waals surface area contributed by atoms with Gasteiger partial charge in [0.25, 0.3) is 0 Å². The number of carboxylic acid groups (broad SMARTS) is 1. The van der Waals surface area contributed by atoms with Gasteiger partial charge in [0.05, 0.1) is 40.3 Å². The highest BCUT2D eigenvalue weighted by atomic mass is 32.1. The highest BCUT2D eigenvalue weighted by Gasteiger charge is 2.31. The van der Waals surface area contributed by atoms with Crippen molar-refractivity contribution in [2.24, 2.45) is 5.92 Å². The molecule has 0 unspecified atom stereocenters. The Morgan fingerprint density at radius 3 is 2.52 bits per heavy atom. The Hall–Kier alpha value is -3.66. The zero-order valence-corrected chi connectivity index (χ0v) is 18.7.